The molecule has 0 amide bonds. The number of aryl methyl sites for hydroxylation is 1. The van der Waals surface area contributed by atoms with Crippen LogP contribution < -0.4 is 4.74 Å². The van der Waals surface area contributed by atoms with Crippen molar-refractivity contribution in [3.63, 3.8) is 0 Å². The van der Waals surface area contributed by atoms with Crippen molar-refractivity contribution >= 4 is 21.5 Å². The lowest BCUT2D eigenvalue weighted by Crippen LogP contribution is -1.90. The number of rotatable bonds is 3. The monoisotopic (exact) mass is 240 g/mol. The van der Waals surface area contributed by atoms with Crippen LogP contribution in [0.1, 0.15) is 11.1 Å². The van der Waals surface area contributed by atoms with Crippen LogP contribution in [0.25, 0.3) is 5.57 Å². The van der Waals surface area contributed by atoms with Crippen LogP contribution >= 0.6 is 15.9 Å². The molecule has 0 radical (unpaired) electrons. The molecule has 0 fully saturated rings. The molecule has 0 N–H and O–H groups in total. The average molecular weight is 241 g/mol. The molecule has 0 aliphatic rings. The minimum atomic E-state index is 0.804. The van der Waals surface area contributed by atoms with E-state index < -0.39 is 0 Å². The number of hydrogen-bond donors (Lipinski definition) is 0. The Kier molecular flexibility index (Phi) is 3.55. The Bertz CT molecular complexity index is 318. The quantitative estimate of drug-likeness (QED) is 0.737. The minimum absolute atomic E-state index is 0.804. The molecule has 0 aromatic heterocycles. The van der Waals surface area contributed by atoms with Crippen LogP contribution in [0.4, 0.5) is 0 Å². The maximum Gasteiger partial charge on any atom is 0.121 e. The molecule has 1 rings (SSSR count). The first-order valence-electron chi connectivity index (χ1n) is 4.07. The Morgan fingerprint density at radius 3 is 2.69 bits per heavy atom. The predicted molar refractivity (Wildman–Crippen MR) is 60.6 cm³/mol. The molecular formula is C11H13BrO. The van der Waals surface area contributed by atoms with Gasteiger partial charge in [-0.05, 0) is 35.8 Å². The van der Waals surface area contributed by atoms with E-state index >= 15 is 0 Å². The highest BCUT2D eigenvalue weighted by Gasteiger charge is 2.01. The number of benzene rings is 1. The first-order valence-corrected chi connectivity index (χ1v) is 5.20. The van der Waals surface area contributed by atoms with E-state index in [4.69, 9.17) is 4.74 Å². The maximum atomic E-state index is 5.17. The summed E-state index contributed by atoms with van der Waals surface area (Å²) in [6.07, 6.45) is 0. The second-order valence-corrected chi connectivity index (χ2v) is 3.48. The lowest BCUT2D eigenvalue weighted by molar-refractivity contribution is 0.411. The van der Waals surface area contributed by atoms with Crippen LogP contribution in [-0.2, 0) is 0 Å². The van der Waals surface area contributed by atoms with Crippen LogP contribution in [0.5, 0.6) is 5.75 Å². The third kappa shape index (κ3) is 2.34. The number of hydrogen-bond acceptors (Lipinski definition) is 1. The standard InChI is InChI=1S/C11H13BrO/c1-8-6-10(9(2)7-12)4-5-11(8)13-3/h4-6H,2,7H2,1,3H3. The molecule has 70 valence electrons. The average Bonchev–Trinajstić information content (AvgIpc) is 2.16. The van der Waals surface area contributed by atoms with Crippen molar-refractivity contribution in [2.45, 2.75) is 6.92 Å². The van der Waals surface area contributed by atoms with E-state index in [1.807, 2.05) is 19.1 Å². The molecule has 1 aromatic rings. The SMILES string of the molecule is C=C(CBr)c1ccc(OC)c(C)c1. The van der Waals surface area contributed by atoms with Crippen LogP contribution in [0.15, 0.2) is 24.8 Å². The molecule has 0 unspecified atom stereocenters. The summed E-state index contributed by atoms with van der Waals surface area (Å²) in [4.78, 5) is 0. The number of allylic oxidation sites excluding steroid dienone is 1. The van der Waals surface area contributed by atoms with Crippen molar-refractivity contribution in [1.29, 1.82) is 0 Å². The van der Waals surface area contributed by atoms with E-state index in [0.29, 0.717) is 0 Å². The summed E-state index contributed by atoms with van der Waals surface area (Å²) in [6, 6.07) is 6.08. The van der Waals surface area contributed by atoms with Crippen molar-refractivity contribution in [2.24, 2.45) is 0 Å². The minimum Gasteiger partial charge on any atom is -0.496 e. The Balaban J connectivity index is 3.02. The molecular weight excluding hydrogens is 228 g/mol. The van der Waals surface area contributed by atoms with E-state index in [-0.39, 0.29) is 0 Å². The van der Waals surface area contributed by atoms with Gasteiger partial charge in [0.25, 0.3) is 0 Å². The lowest BCUT2D eigenvalue weighted by atomic mass is 10.1. The van der Waals surface area contributed by atoms with Gasteiger partial charge in [-0.1, -0.05) is 28.6 Å². The van der Waals surface area contributed by atoms with Gasteiger partial charge in [0.15, 0.2) is 0 Å². The predicted octanol–water partition coefficient (Wildman–Crippen LogP) is 3.41. The van der Waals surface area contributed by atoms with Crippen LogP contribution in [0.3, 0.4) is 0 Å². The Labute approximate surface area is 87.5 Å². The van der Waals surface area contributed by atoms with Crippen LogP contribution in [-0.4, -0.2) is 12.4 Å². The first-order chi connectivity index (χ1) is 6.19. The molecule has 0 aliphatic heterocycles. The second-order valence-electron chi connectivity index (χ2n) is 2.92. The summed E-state index contributed by atoms with van der Waals surface area (Å²) < 4.78 is 5.17. The van der Waals surface area contributed by atoms with E-state index in [2.05, 4.69) is 28.6 Å². The van der Waals surface area contributed by atoms with Gasteiger partial charge in [-0.3, -0.25) is 0 Å². The number of halogens is 1. The molecule has 13 heavy (non-hydrogen) atoms. The molecule has 0 heterocycles. The van der Waals surface area contributed by atoms with E-state index in [9.17, 15) is 0 Å². The Morgan fingerprint density at radius 2 is 2.23 bits per heavy atom. The summed E-state index contributed by atoms with van der Waals surface area (Å²) in [5, 5.41) is 0.804. The van der Waals surface area contributed by atoms with Gasteiger partial charge < -0.3 is 4.74 Å². The van der Waals surface area contributed by atoms with Gasteiger partial charge in [-0.2, -0.15) is 0 Å². The lowest BCUT2D eigenvalue weighted by Gasteiger charge is -2.07. The molecule has 1 nitrogen and oxygen atoms in total. The number of ether oxygens (including phenoxy) is 1. The van der Waals surface area contributed by atoms with Gasteiger partial charge in [0, 0.05) is 5.33 Å². The highest BCUT2D eigenvalue weighted by Crippen LogP contribution is 2.22. The summed E-state index contributed by atoms with van der Waals surface area (Å²) >= 11 is 3.38. The van der Waals surface area contributed by atoms with Crippen molar-refractivity contribution in [3.05, 3.63) is 35.9 Å². The molecule has 0 spiro atoms. The molecule has 1 aromatic carbocycles. The van der Waals surface area contributed by atoms with Crippen molar-refractivity contribution in [1.82, 2.24) is 0 Å². The summed E-state index contributed by atoms with van der Waals surface area (Å²) in [5.74, 6) is 0.922. The van der Waals surface area contributed by atoms with Gasteiger partial charge in [0.05, 0.1) is 7.11 Å². The zero-order chi connectivity index (χ0) is 9.84. The number of alkyl halides is 1. The van der Waals surface area contributed by atoms with Crippen molar-refractivity contribution in [3.8, 4) is 5.75 Å². The maximum absolute atomic E-state index is 5.17. The zero-order valence-corrected chi connectivity index (χ0v) is 9.52. The van der Waals surface area contributed by atoms with Gasteiger partial charge in [-0.25, -0.2) is 0 Å². The molecule has 2 heteroatoms. The third-order valence-electron chi connectivity index (χ3n) is 1.96. The third-order valence-corrected chi connectivity index (χ3v) is 2.64. The molecule has 0 bridgehead atoms. The summed E-state index contributed by atoms with van der Waals surface area (Å²) in [7, 11) is 1.68. The highest BCUT2D eigenvalue weighted by molar-refractivity contribution is 9.09. The van der Waals surface area contributed by atoms with Gasteiger partial charge in [0.2, 0.25) is 0 Å². The topological polar surface area (TPSA) is 9.23 Å². The van der Waals surface area contributed by atoms with Crippen LogP contribution in [0.2, 0.25) is 0 Å². The Morgan fingerprint density at radius 1 is 1.54 bits per heavy atom. The van der Waals surface area contributed by atoms with Crippen LogP contribution in [0, 0.1) is 6.92 Å². The molecule has 0 atom stereocenters. The van der Waals surface area contributed by atoms with E-state index in [1.165, 1.54) is 0 Å². The van der Waals surface area contributed by atoms with E-state index in [1.54, 1.807) is 7.11 Å². The van der Waals surface area contributed by atoms with Crippen molar-refractivity contribution in [2.75, 3.05) is 12.4 Å². The zero-order valence-electron chi connectivity index (χ0n) is 7.93. The van der Waals surface area contributed by atoms with E-state index in [0.717, 1.165) is 27.8 Å². The highest BCUT2D eigenvalue weighted by atomic mass is 79.9. The second kappa shape index (κ2) is 4.47. The van der Waals surface area contributed by atoms with Gasteiger partial charge in [-0.15, -0.1) is 0 Å². The van der Waals surface area contributed by atoms with Crippen molar-refractivity contribution < 1.29 is 4.74 Å². The number of methoxy groups -OCH3 is 1. The van der Waals surface area contributed by atoms with Gasteiger partial charge >= 0.3 is 0 Å². The smallest absolute Gasteiger partial charge is 0.121 e. The fourth-order valence-corrected chi connectivity index (χ4v) is 1.50. The summed E-state index contributed by atoms with van der Waals surface area (Å²) in [5.41, 5.74) is 3.39. The fourth-order valence-electron chi connectivity index (χ4n) is 1.18. The normalized spacial score (nSPS) is 9.77. The largest absolute Gasteiger partial charge is 0.496 e. The molecule has 0 saturated carbocycles. The fraction of sp³-hybridized carbons (Fsp3) is 0.273. The Hall–Kier alpha value is -0.760. The molecule has 0 saturated heterocycles. The first kappa shape index (κ1) is 10.3. The van der Waals surface area contributed by atoms with Gasteiger partial charge in [0.1, 0.15) is 5.75 Å². The summed E-state index contributed by atoms with van der Waals surface area (Å²) in [6.45, 7) is 5.98. The molecule has 0 aliphatic carbocycles.